The second-order valence-corrected chi connectivity index (χ2v) is 2.98. The monoisotopic (exact) mass is 188 g/mol. The van der Waals surface area contributed by atoms with Crippen molar-refractivity contribution >= 4 is 11.9 Å². The summed E-state index contributed by atoms with van der Waals surface area (Å²) in [6.45, 7) is 4.05. The number of carbonyl (C=O) groups is 2. The summed E-state index contributed by atoms with van der Waals surface area (Å²) in [5.41, 5.74) is 0. The van der Waals surface area contributed by atoms with Crippen LogP contribution in [0.3, 0.4) is 0 Å². The molecule has 5 nitrogen and oxygen atoms in total. The molecule has 0 aromatic heterocycles. The molecule has 0 radical (unpaired) electrons. The van der Waals surface area contributed by atoms with Gasteiger partial charge in [-0.25, -0.2) is 0 Å². The van der Waals surface area contributed by atoms with Crippen LogP contribution in [0.2, 0.25) is 0 Å². The Labute approximate surface area is 77.7 Å². The fourth-order valence-corrected chi connectivity index (χ4v) is 0.790. The summed E-state index contributed by atoms with van der Waals surface area (Å²) in [5, 5.41) is 11.2. The molecule has 1 amide bonds. The van der Waals surface area contributed by atoms with E-state index in [1.807, 2.05) is 0 Å². The minimum atomic E-state index is -0.856. The Balaban J connectivity index is 3.67. The fraction of sp³-hybridized carbons (Fsp3) is 0.750. The number of carboxylic acid groups (broad SMARTS) is 1. The van der Waals surface area contributed by atoms with Gasteiger partial charge in [0.15, 0.2) is 0 Å². The first kappa shape index (κ1) is 11.9. The molecule has 1 atom stereocenters. The van der Waals surface area contributed by atoms with Crippen LogP contribution in [0.25, 0.3) is 0 Å². The second kappa shape index (κ2) is 5.53. The molecule has 0 aliphatic carbocycles. The molecule has 0 aliphatic heterocycles. The molecule has 0 aromatic rings. The highest BCUT2D eigenvalue weighted by Crippen LogP contribution is 1.93. The maximum Gasteiger partial charge on any atom is 0.320 e. The Morgan fingerprint density at radius 2 is 2.08 bits per heavy atom. The minimum absolute atomic E-state index is 0.101. The number of hydrogen-bond acceptors (Lipinski definition) is 3. The van der Waals surface area contributed by atoms with Crippen LogP contribution in [-0.2, 0) is 9.59 Å². The van der Waals surface area contributed by atoms with Gasteiger partial charge in [-0.2, -0.15) is 0 Å². The highest BCUT2D eigenvalue weighted by molar-refractivity contribution is 5.73. The van der Waals surface area contributed by atoms with E-state index in [1.54, 1.807) is 18.9 Å². The molecule has 0 spiro atoms. The van der Waals surface area contributed by atoms with E-state index in [0.29, 0.717) is 13.1 Å². The largest absolute Gasteiger partial charge is 0.480 e. The molecule has 0 rings (SSSR count). The Kier molecular flexibility index (Phi) is 5.06. The van der Waals surface area contributed by atoms with Crippen LogP contribution in [0.5, 0.6) is 0 Å². The van der Waals surface area contributed by atoms with Crippen molar-refractivity contribution in [1.29, 1.82) is 0 Å². The van der Waals surface area contributed by atoms with Gasteiger partial charge in [0.05, 0.1) is 0 Å². The zero-order valence-corrected chi connectivity index (χ0v) is 8.20. The predicted octanol–water partition coefficient (Wildman–Crippen LogP) is -0.473. The Bertz CT molecular complexity index is 194. The van der Waals surface area contributed by atoms with Gasteiger partial charge in [0.2, 0.25) is 5.91 Å². The smallest absolute Gasteiger partial charge is 0.320 e. The van der Waals surface area contributed by atoms with Crippen LogP contribution < -0.4 is 5.32 Å². The maximum atomic E-state index is 10.5. The maximum absolute atomic E-state index is 10.5. The molecule has 5 heteroatoms. The van der Waals surface area contributed by atoms with Crippen LogP contribution in [-0.4, -0.2) is 48.1 Å². The molecule has 1 unspecified atom stereocenters. The number of amides is 1. The van der Waals surface area contributed by atoms with E-state index in [1.165, 1.54) is 6.92 Å². The average molecular weight is 188 g/mol. The third kappa shape index (κ3) is 5.19. The molecule has 13 heavy (non-hydrogen) atoms. The number of likely N-dealkylation sites (N-methyl/N-ethyl adjacent to an activating group) is 1. The number of aliphatic carboxylic acids is 1. The summed E-state index contributed by atoms with van der Waals surface area (Å²) in [6, 6.07) is -0.520. The first-order valence-corrected chi connectivity index (χ1v) is 4.12. The van der Waals surface area contributed by atoms with E-state index in [2.05, 4.69) is 5.32 Å². The summed E-state index contributed by atoms with van der Waals surface area (Å²) in [6.07, 6.45) is 0. The van der Waals surface area contributed by atoms with Gasteiger partial charge in [-0.1, -0.05) is 0 Å². The Hall–Kier alpha value is -1.10. The minimum Gasteiger partial charge on any atom is -0.480 e. The number of nitrogens with zero attached hydrogens (tertiary/aromatic N) is 1. The van der Waals surface area contributed by atoms with Gasteiger partial charge in [0.1, 0.15) is 6.04 Å². The Morgan fingerprint density at radius 3 is 2.46 bits per heavy atom. The van der Waals surface area contributed by atoms with Crippen molar-refractivity contribution in [3.8, 4) is 0 Å². The van der Waals surface area contributed by atoms with Gasteiger partial charge >= 0.3 is 5.97 Å². The van der Waals surface area contributed by atoms with Crippen molar-refractivity contribution in [2.75, 3.05) is 20.1 Å². The van der Waals surface area contributed by atoms with Gasteiger partial charge in [0, 0.05) is 20.0 Å². The molecule has 0 bridgehead atoms. The van der Waals surface area contributed by atoms with Crippen LogP contribution in [0, 0.1) is 0 Å². The van der Waals surface area contributed by atoms with Gasteiger partial charge in [-0.15, -0.1) is 0 Å². The number of rotatable bonds is 5. The highest BCUT2D eigenvalue weighted by Gasteiger charge is 2.15. The summed E-state index contributed by atoms with van der Waals surface area (Å²) in [5.74, 6) is -0.957. The van der Waals surface area contributed by atoms with E-state index in [0.717, 1.165) is 0 Å². The first-order valence-electron chi connectivity index (χ1n) is 4.12. The van der Waals surface area contributed by atoms with Gasteiger partial charge in [-0.3, -0.25) is 14.5 Å². The number of carboxylic acids is 1. The SMILES string of the molecule is CC(=O)NCCN(C)C(C)C(=O)O. The van der Waals surface area contributed by atoms with E-state index < -0.39 is 12.0 Å². The number of nitrogens with one attached hydrogen (secondary N) is 1. The lowest BCUT2D eigenvalue weighted by molar-refractivity contribution is -0.142. The van der Waals surface area contributed by atoms with Gasteiger partial charge < -0.3 is 10.4 Å². The van der Waals surface area contributed by atoms with E-state index in [9.17, 15) is 9.59 Å². The van der Waals surface area contributed by atoms with Crippen molar-refractivity contribution in [2.24, 2.45) is 0 Å². The summed E-state index contributed by atoms with van der Waals surface area (Å²) >= 11 is 0. The molecule has 0 saturated carbocycles. The van der Waals surface area contributed by atoms with Crippen LogP contribution in [0.1, 0.15) is 13.8 Å². The van der Waals surface area contributed by atoms with Crippen molar-refractivity contribution in [3.05, 3.63) is 0 Å². The first-order chi connectivity index (χ1) is 5.95. The molecular formula is C8H16N2O3. The van der Waals surface area contributed by atoms with Crippen LogP contribution in [0.15, 0.2) is 0 Å². The van der Waals surface area contributed by atoms with Crippen molar-refractivity contribution in [1.82, 2.24) is 10.2 Å². The third-order valence-corrected chi connectivity index (χ3v) is 1.86. The number of hydrogen-bond donors (Lipinski definition) is 2. The predicted molar refractivity (Wildman–Crippen MR) is 48.4 cm³/mol. The molecular weight excluding hydrogens is 172 g/mol. The third-order valence-electron chi connectivity index (χ3n) is 1.86. The van der Waals surface area contributed by atoms with E-state index in [-0.39, 0.29) is 5.91 Å². The van der Waals surface area contributed by atoms with Crippen molar-refractivity contribution in [3.63, 3.8) is 0 Å². The molecule has 2 N–H and O–H groups in total. The van der Waals surface area contributed by atoms with Gasteiger partial charge in [0.25, 0.3) is 0 Å². The number of carbonyl (C=O) groups excluding carboxylic acids is 1. The second-order valence-electron chi connectivity index (χ2n) is 2.98. The van der Waals surface area contributed by atoms with Crippen LogP contribution in [0.4, 0.5) is 0 Å². The molecule has 0 heterocycles. The molecule has 76 valence electrons. The lowest BCUT2D eigenvalue weighted by Crippen LogP contribution is -2.40. The summed E-state index contributed by atoms with van der Waals surface area (Å²) in [4.78, 5) is 22.7. The topological polar surface area (TPSA) is 69.6 Å². The lowest BCUT2D eigenvalue weighted by atomic mass is 10.3. The van der Waals surface area contributed by atoms with Crippen molar-refractivity contribution < 1.29 is 14.7 Å². The Morgan fingerprint density at radius 1 is 1.54 bits per heavy atom. The normalized spacial score (nSPS) is 12.6. The fourth-order valence-electron chi connectivity index (χ4n) is 0.790. The zero-order chi connectivity index (χ0) is 10.4. The summed E-state index contributed by atoms with van der Waals surface area (Å²) < 4.78 is 0. The average Bonchev–Trinajstić information content (AvgIpc) is 2.02. The van der Waals surface area contributed by atoms with E-state index >= 15 is 0 Å². The van der Waals surface area contributed by atoms with Crippen molar-refractivity contribution in [2.45, 2.75) is 19.9 Å². The molecule has 0 aromatic carbocycles. The summed E-state index contributed by atoms with van der Waals surface area (Å²) in [7, 11) is 1.71. The molecule has 0 aliphatic rings. The van der Waals surface area contributed by atoms with Crippen LogP contribution >= 0.6 is 0 Å². The van der Waals surface area contributed by atoms with Gasteiger partial charge in [-0.05, 0) is 14.0 Å². The zero-order valence-electron chi connectivity index (χ0n) is 8.20. The highest BCUT2D eigenvalue weighted by atomic mass is 16.4. The quantitative estimate of drug-likeness (QED) is 0.612. The molecule has 0 fully saturated rings. The standard InChI is InChI=1S/C8H16N2O3/c1-6(8(12)13)10(3)5-4-9-7(2)11/h6H,4-5H2,1-3H3,(H,9,11)(H,12,13). The lowest BCUT2D eigenvalue weighted by Gasteiger charge is -2.20. The molecule has 0 saturated heterocycles. The van der Waals surface area contributed by atoms with E-state index in [4.69, 9.17) is 5.11 Å².